The first-order valence-electron chi connectivity index (χ1n) is 17.1. The summed E-state index contributed by atoms with van der Waals surface area (Å²) in [5.74, 6) is -8.43. The molecule has 0 saturated heterocycles. The summed E-state index contributed by atoms with van der Waals surface area (Å²) in [6.07, 6.45) is 3.87. The predicted molar refractivity (Wildman–Crippen MR) is 210 cm³/mol. The molecule has 57 heavy (non-hydrogen) atoms. The van der Waals surface area contributed by atoms with Gasteiger partial charge in [-0.3, -0.25) is 24.0 Å². The number of carboxylic acid groups (broad SMARTS) is 2. The molecule has 4 rings (SSSR count). The lowest BCUT2D eigenvalue weighted by Crippen LogP contribution is -2.17. The van der Waals surface area contributed by atoms with Crippen LogP contribution < -0.4 is 18.9 Å². The molecule has 0 unspecified atom stereocenters. The van der Waals surface area contributed by atoms with E-state index in [9.17, 15) is 44.4 Å². The Hall–Kier alpha value is -6.31. The number of ether oxygens (including phenoxy) is 4. The van der Waals surface area contributed by atoms with Crippen LogP contribution in [0.1, 0.15) is 72.7 Å². The Labute approximate surface area is 337 Å². The van der Waals surface area contributed by atoms with Gasteiger partial charge in [-0.05, 0) is 75.2 Å². The minimum absolute atomic E-state index is 0.0268. The maximum absolute atomic E-state index is 14.8. The van der Waals surface area contributed by atoms with Crippen LogP contribution in [-0.4, -0.2) is 63.9 Å². The number of aromatic hydroxyl groups is 2. The van der Waals surface area contributed by atoms with Crippen molar-refractivity contribution in [1.29, 1.82) is 0 Å². The topological polar surface area (TPSA) is 203 Å². The van der Waals surface area contributed by atoms with Gasteiger partial charge < -0.3 is 39.4 Å². The molecule has 0 bridgehead atoms. The van der Waals surface area contributed by atoms with E-state index < -0.39 is 59.0 Å². The maximum atomic E-state index is 14.8. The van der Waals surface area contributed by atoms with Crippen LogP contribution >= 0.6 is 23.2 Å². The number of carbonyl (C=O) groups excluding carboxylic acids is 3. The van der Waals surface area contributed by atoms with Gasteiger partial charge in [0.2, 0.25) is 11.6 Å². The van der Waals surface area contributed by atoms with Gasteiger partial charge in [-0.1, -0.05) is 47.5 Å². The van der Waals surface area contributed by atoms with Gasteiger partial charge in [0.1, 0.15) is 34.1 Å². The molecule has 0 saturated carbocycles. The molecule has 4 N–H and O–H groups in total. The van der Waals surface area contributed by atoms with E-state index >= 15 is 0 Å². The Balaban J connectivity index is 1.99. The fraction of sp³-hybridized carbons (Fsp3) is 0.214. The average molecular weight is 822 g/mol. The van der Waals surface area contributed by atoms with E-state index in [2.05, 4.69) is 0 Å². The zero-order valence-corrected chi connectivity index (χ0v) is 33.0. The lowest BCUT2D eigenvalue weighted by molar-refractivity contribution is -0.140. The number of hydrogen-bond acceptors (Lipinski definition) is 11. The highest BCUT2D eigenvalue weighted by atomic mass is 35.5. The van der Waals surface area contributed by atoms with Gasteiger partial charge in [-0.15, -0.1) is 0 Å². The molecule has 4 aromatic rings. The van der Waals surface area contributed by atoms with Gasteiger partial charge >= 0.3 is 11.9 Å². The van der Waals surface area contributed by atoms with Crippen LogP contribution in [0, 0.1) is 25.7 Å². The van der Waals surface area contributed by atoms with E-state index in [1.807, 2.05) is 0 Å². The third-order valence-corrected chi connectivity index (χ3v) is 9.73. The van der Waals surface area contributed by atoms with Crippen molar-refractivity contribution in [3.05, 3.63) is 128 Å². The highest BCUT2D eigenvalue weighted by molar-refractivity contribution is 6.35. The Kier molecular flexibility index (Phi) is 14.1. The third kappa shape index (κ3) is 9.39. The summed E-state index contributed by atoms with van der Waals surface area (Å²) < 4.78 is 22.4. The molecule has 4 aromatic carbocycles. The van der Waals surface area contributed by atoms with Crippen LogP contribution in [0.15, 0.2) is 73.2 Å². The second kappa shape index (κ2) is 18.5. The van der Waals surface area contributed by atoms with Crippen LogP contribution in [0.4, 0.5) is 0 Å². The number of phenols is 2. The van der Waals surface area contributed by atoms with Crippen LogP contribution in [-0.2, 0) is 16.0 Å². The number of Topliss-reactive ketones (excluding diaryl/α,β-unsaturated/α-hetero) is 1. The summed E-state index contributed by atoms with van der Waals surface area (Å²) in [6, 6.07) is 10.8. The Morgan fingerprint density at radius 3 is 1.54 bits per heavy atom. The summed E-state index contributed by atoms with van der Waals surface area (Å²) >= 11 is 12.9. The molecule has 0 radical (unpaired) electrons. The molecule has 0 aromatic heterocycles. The molecule has 0 heterocycles. The number of aliphatic carboxylic acids is 2. The fourth-order valence-corrected chi connectivity index (χ4v) is 6.09. The summed E-state index contributed by atoms with van der Waals surface area (Å²) in [6.45, 7) is 5.97. The van der Waals surface area contributed by atoms with Crippen LogP contribution in [0.3, 0.4) is 0 Å². The molecule has 0 amide bonds. The van der Waals surface area contributed by atoms with Crippen molar-refractivity contribution in [2.45, 2.75) is 34.1 Å². The zero-order chi connectivity index (χ0) is 42.3. The van der Waals surface area contributed by atoms with Crippen molar-refractivity contribution in [2.75, 3.05) is 14.2 Å². The molecule has 0 aliphatic heterocycles. The molecule has 298 valence electrons. The van der Waals surface area contributed by atoms with E-state index in [1.165, 1.54) is 88.8 Å². The molecular formula is C42H38Cl2O13. The number of halogens is 2. The summed E-state index contributed by atoms with van der Waals surface area (Å²) in [4.78, 5) is 66.4. The van der Waals surface area contributed by atoms with Crippen molar-refractivity contribution in [1.82, 2.24) is 0 Å². The second-order valence-electron chi connectivity index (χ2n) is 12.7. The van der Waals surface area contributed by atoms with Gasteiger partial charge in [0.05, 0.1) is 54.2 Å². The number of benzene rings is 4. The van der Waals surface area contributed by atoms with Crippen molar-refractivity contribution in [3.8, 4) is 34.5 Å². The smallest absolute Gasteiger partial charge is 0.310 e. The SMILES string of the molecule is COc1c(Cl)c(C)cc(O)c1C(=O)c1cccc(O/C=C/[C@@H](C)C(=O)O)c1CC(=O)c1c(O/C=C/[C@@H](C)C(=O)O)cccc1C(=O)c1c(O)cc(C)c(Cl)c1OC. The van der Waals surface area contributed by atoms with Crippen molar-refractivity contribution in [3.63, 3.8) is 0 Å². The van der Waals surface area contributed by atoms with Gasteiger partial charge in [-0.25, -0.2) is 0 Å². The summed E-state index contributed by atoms with van der Waals surface area (Å²) in [7, 11) is 2.50. The highest BCUT2D eigenvalue weighted by Crippen LogP contribution is 2.42. The highest BCUT2D eigenvalue weighted by Gasteiger charge is 2.32. The Morgan fingerprint density at radius 2 is 1.09 bits per heavy atom. The van der Waals surface area contributed by atoms with Crippen LogP contribution in [0.2, 0.25) is 10.0 Å². The molecule has 0 aliphatic rings. The van der Waals surface area contributed by atoms with Crippen molar-refractivity contribution < 1.29 is 63.3 Å². The molecule has 0 spiro atoms. The first kappa shape index (κ1) is 43.4. The molecule has 15 heteroatoms. The number of hydrogen-bond donors (Lipinski definition) is 4. The van der Waals surface area contributed by atoms with Crippen LogP contribution in [0.25, 0.3) is 0 Å². The second-order valence-corrected chi connectivity index (χ2v) is 13.5. The standard InChI is InChI=1S/C42H38Cl2O13/c1-20(41(50)51)13-15-56-30-11-7-9-24(37(48)33-27(45)17-22(3)35(43)39(33)54-5)26(30)19-29(47)32-25(10-8-12-31(32)57-16-14-21(2)42(52)53)38(49)34-28(46)18-23(4)36(44)40(34)55-6/h7-18,20-21,45-46H,19H2,1-6H3,(H,50,51)(H,52,53)/b15-13+,16-14+/t20-,21-/m1/s1. The zero-order valence-electron chi connectivity index (χ0n) is 31.5. The minimum atomic E-state index is -1.16. The van der Waals surface area contributed by atoms with Crippen molar-refractivity contribution >= 4 is 52.5 Å². The third-order valence-electron chi connectivity index (χ3n) is 8.79. The molecule has 13 nitrogen and oxygen atoms in total. The van der Waals surface area contributed by atoms with E-state index in [-0.39, 0.29) is 66.4 Å². The summed E-state index contributed by atoms with van der Waals surface area (Å²) in [5, 5.41) is 40.7. The lowest BCUT2D eigenvalue weighted by atomic mass is 9.88. The van der Waals surface area contributed by atoms with E-state index in [1.54, 1.807) is 13.8 Å². The summed E-state index contributed by atoms with van der Waals surface area (Å²) in [5.41, 5.74) is -0.777. The predicted octanol–water partition coefficient (Wildman–Crippen LogP) is 8.15. The van der Waals surface area contributed by atoms with Crippen molar-refractivity contribution in [2.24, 2.45) is 11.8 Å². The molecule has 2 atom stereocenters. The first-order chi connectivity index (χ1) is 26.9. The quantitative estimate of drug-likeness (QED) is 0.0587. The minimum Gasteiger partial charge on any atom is -0.507 e. The van der Waals surface area contributed by atoms with Gasteiger partial charge in [0.25, 0.3) is 0 Å². The number of carbonyl (C=O) groups is 5. The Morgan fingerprint density at radius 1 is 0.667 bits per heavy atom. The van der Waals surface area contributed by atoms with Gasteiger partial charge in [0, 0.05) is 23.1 Å². The number of ketones is 3. The number of phenolic OH excluding ortho intramolecular Hbond substituents is 2. The van der Waals surface area contributed by atoms with E-state index in [0.29, 0.717) is 11.1 Å². The normalized spacial score (nSPS) is 12.3. The monoisotopic (exact) mass is 820 g/mol. The number of aryl methyl sites for hydroxylation is 2. The number of carboxylic acids is 2. The average Bonchev–Trinajstić information content (AvgIpc) is 3.16. The lowest BCUT2D eigenvalue weighted by Gasteiger charge is -2.19. The van der Waals surface area contributed by atoms with E-state index in [0.717, 1.165) is 12.5 Å². The van der Waals surface area contributed by atoms with E-state index in [4.69, 9.17) is 42.1 Å². The molecule has 0 aliphatic carbocycles. The van der Waals surface area contributed by atoms with Gasteiger partial charge in [-0.2, -0.15) is 0 Å². The molecule has 0 fully saturated rings. The maximum Gasteiger partial charge on any atom is 0.310 e. The Bertz CT molecular complexity index is 2330. The van der Waals surface area contributed by atoms with Crippen LogP contribution in [0.5, 0.6) is 34.5 Å². The largest absolute Gasteiger partial charge is 0.507 e. The van der Waals surface area contributed by atoms with Gasteiger partial charge in [0.15, 0.2) is 17.3 Å². The molecular weight excluding hydrogens is 783 g/mol. The fourth-order valence-electron chi connectivity index (χ4n) is 5.63. The number of rotatable bonds is 17. The first-order valence-corrected chi connectivity index (χ1v) is 17.8. The number of methoxy groups -OCH3 is 2.